The Kier molecular flexibility index (Phi) is 3.92. The summed E-state index contributed by atoms with van der Waals surface area (Å²) in [6.07, 6.45) is -3.47. The summed E-state index contributed by atoms with van der Waals surface area (Å²) in [7, 11) is 0. The minimum Gasteiger partial charge on any atom is -0.400 e. The van der Waals surface area contributed by atoms with Gasteiger partial charge in [-0.25, -0.2) is 0 Å². The number of hydrazone groups is 1. The third kappa shape index (κ3) is 3.59. The summed E-state index contributed by atoms with van der Waals surface area (Å²) in [6.45, 7) is 0. The summed E-state index contributed by atoms with van der Waals surface area (Å²) < 4.78 is 42.9. The van der Waals surface area contributed by atoms with Crippen molar-refractivity contribution < 1.29 is 22.5 Å². The molecule has 0 aliphatic heterocycles. The van der Waals surface area contributed by atoms with E-state index in [2.05, 4.69) is 10.5 Å². The Balaban J connectivity index is 2.12. The van der Waals surface area contributed by atoms with Crippen LogP contribution in [0, 0.1) is 10.1 Å². The normalized spacial score (nSPS) is 11.8. The van der Waals surface area contributed by atoms with Crippen LogP contribution in [0.15, 0.2) is 45.9 Å². The van der Waals surface area contributed by atoms with Crippen molar-refractivity contribution in [2.75, 3.05) is 5.43 Å². The molecule has 0 radical (unpaired) electrons. The van der Waals surface area contributed by atoms with Crippen LogP contribution in [0.4, 0.5) is 24.7 Å². The molecule has 0 atom stereocenters. The number of rotatable bonds is 4. The Hall–Kier alpha value is -2.84. The van der Waals surface area contributed by atoms with Crippen molar-refractivity contribution in [3.63, 3.8) is 0 Å². The van der Waals surface area contributed by atoms with Crippen molar-refractivity contribution in [1.82, 2.24) is 0 Å². The highest BCUT2D eigenvalue weighted by atomic mass is 19.4. The molecule has 0 spiro atoms. The lowest BCUT2D eigenvalue weighted by atomic mass is 10.2. The number of benzene rings is 1. The number of hydrogen-bond acceptors (Lipinski definition) is 5. The number of nitrogens with zero attached hydrogens (tertiary/aromatic N) is 2. The molecule has 9 heteroatoms. The standard InChI is InChI=1S/C12H8F3N3O3/c13-12(14,15)9-3-1-2-4-10(9)17-16-7-8-5-6-11(21-8)18(19)20/h1-7,17H/b16-7-. The second-order valence-corrected chi connectivity index (χ2v) is 3.85. The van der Waals surface area contributed by atoms with Gasteiger partial charge in [0.1, 0.15) is 4.92 Å². The van der Waals surface area contributed by atoms with Gasteiger partial charge in [0.2, 0.25) is 0 Å². The van der Waals surface area contributed by atoms with Crippen LogP contribution in [0.2, 0.25) is 0 Å². The number of para-hydroxylation sites is 1. The second-order valence-electron chi connectivity index (χ2n) is 3.85. The van der Waals surface area contributed by atoms with Gasteiger partial charge in [0.25, 0.3) is 0 Å². The highest BCUT2D eigenvalue weighted by molar-refractivity contribution is 5.77. The summed E-state index contributed by atoms with van der Waals surface area (Å²) in [5, 5.41) is 14.0. The maximum Gasteiger partial charge on any atom is 0.433 e. The first-order valence-corrected chi connectivity index (χ1v) is 5.57. The summed E-state index contributed by atoms with van der Waals surface area (Å²) in [4.78, 5) is 9.66. The van der Waals surface area contributed by atoms with Gasteiger partial charge in [-0.05, 0) is 18.2 Å². The quantitative estimate of drug-likeness (QED) is 0.531. The lowest BCUT2D eigenvalue weighted by Gasteiger charge is -2.11. The molecule has 0 amide bonds. The minimum absolute atomic E-state index is 0.0405. The smallest absolute Gasteiger partial charge is 0.400 e. The second kappa shape index (κ2) is 5.65. The van der Waals surface area contributed by atoms with Gasteiger partial charge < -0.3 is 4.42 Å². The number of nitro groups is 1. The molecule has 0 fully saturated rings. The number of hydrogen-bond donors (Lipinski definition) is 1. The zero-order valence-corrected chi connectivity index (χ0v) is 10.3. The van der Waals surface area contributed by atoms with Gasteiger partial charge in [0.15, 0.2) is 5.76 Å². The Morgan fingerprint density at radius 1 is 1.24 bits per heavy atom. The van der Waals surface area contributed by atoms with E-state index in [4.69, 9.17) is 4.42 Å². The van der Waals surface area contributed by atoms with Crippen LogP contribution in [-0.2, 0) is 6.18 Å². The first-order chi connectivity index (χ1) is 9.88. The van der Waals surface area contributed by atoms with Gasteiger partial charge in [-0.15, -0.1) is 0 Å². The maximum absolute atomic E-state index is 12.7. The molecule has 0 bridgehead atoms. The zero-order chi connectivity index (χ0) is 15.5. The summed E-state index contributed by atoms with van der Waals surface area (Å²) in [6, 6.07) is 7.20. The number of nitrogens with one attached hydrogen (secondary N) is 1. The first kappa shape index (κ1) is 14.6. The highest BCUT2D eigenvalue weighted by Crippen LogP contribution is 2.34. The van der Waals surface area contributed by atoms with E-state index in [0.29, 0.717) is 0 Å². The van der Waals surface area contributed by atoms with Crippen molar-refractivity contribution in [2.24, 2.45) is 5.10 Å². The fraction of sp³-hybridized carbons (Fsp3) is 0.0833. The SMILES string of the molecule is O=[N+]([O-])c1ccc(/C=N\Nc2ccccc2C(F)(F)F)o1. The number of alkyl halides is 3. The van der Waals surface area contributed by atoms with Gasteiger partial charge >= 0.3 is 12.1 Å². The Morgan fingerprint density at radius 3 is 2.57 bits per heavy atom. The topological polar surface area (TPSA) is 80.7 Å². The molecule has 1 aromatic heterocycles. The van der Waals surface area contributed by atoms with Crippen LogP contribution in [0.1, 0.15) is 11.3 Å². The van der Waals surface area contributed by atoms with E-state index in [9.17, 15) is 23.3 Å². The van der Waals surface area contributed by atoms with Crippen molar-refractivity contribution in [1.29, 1.82) is 0 Å². The molecular weight excluding hydrogens is 291 g/mol. The molecule has 2 rings (SSSR count). The van der Waals surface area contributed by atoms with E-state index < -0.39 is 22.5 Å². The van der Waals surface area contributed by atoms with Crippen molar-refractivity contribution in [2.45, 2.75) is 6.18 Å². The Bertz CT molecular complexity index is 680. The molecule has 0 aliphatic rings. The van der Waals surface area contributed by atoms with Crippen molar-refractivity contribution >= 4 is 17.8 Å². The molecule has 2 aromatic rings. The lowest BCUT2D eigenvalue weighted by molar-refractivity contribution is -0.402. The average molecular weight is 299 g/mol. The van der Waals surface area contributed by atoms with Crippen LogP contribution < -0.4 is 5.43 Å². The van der Waals surface area contributed by atoms with E-state index in [1.807, 2.05) is 0 Å². The van der Waals surface area contributed by atoms with Gasteiger partial charge in [0.05, 0.1) is 23.5 Å². The van der Waals surface area contributed by atoms with E-state index in [-0.39, 0.29) is 11.4 Å². The van der Waals surface area contributed by atoms with Crippen LogP contribution in [-0.4, -0.2) is 11.1 Å². The monoisotopic (exact) mass is 299 g/mol. The number of furan rings is 1. The van der Waals surface area contributed by atoms with Gasteiger partial charge in [-0.2, -0.15) is 18.3 Å². The third-order valence-electron chi connectivity index (χ3n) is 2.40. The number of anilines is 1. The predicted octanol–water partition coefficient (Wildman–Crippen LogP) is 3.65. The van der Waals surface area contributed by atoms with Crippen LogP contribution in [0.3, 0.4) is 0 Å². The minimum atomic E-state index is -4.51. The molecule has 21 heavy (non-hydrogen) atoms. The number of halogens is 3. The lowest BCUT2D eigenvalue weighted by Crippen LogP contribution is -2.08. The van der Waals surface area contributed by atoms with Crippen LogP contribution >= 0.6 is 0 Å². The molecule has 6 nitrogen and oxygen atoms in total. The van der Waals surface area contributed by atoms with Gasteiger partial charge in [0, 0.05) is 0 Å². The summed E-state index contributed by atoms with van der Waals surface area (Å²) >= 11 is 0. The predicted molar refractivity (Wildman–Crippen MR) is 68.0 cm³/mol. The molecule has 1 N–H and O–H groups in total. The first-order valence-electron chi connectivity index (χ1n) is 5.57. The molecule has 0 aliphatic carbocycles. The fourth-order valence-corrected chi connectivity index (χ4v) is 1.50. The van der Waals surface area contributed by atoms with E-state index in [1.165, 1.54) is 24.3 Å². The summed E-state index contributed by atoms with van der Waals surface area (Å²) in [5.74, 6) is -0.439. The maximum atomic E-state index is 12.7. The molecule has 0 saturated heterocycles. The van der Waals surface area contributed by atoms with E-state index in [0.717, 1.165) is 18.3 Å². The van der Waals surface area contributed by atoms with Gasteiger partial charge in [-0.3, -0.25) is 15.5 Å². The fourth-order valence-electron chi connectivity index (χ4n) is 1.50. The van der Waals surface area contributed by atoms with Crippen LogP contribution in [0.5, 0.6) is 0 Å². The van der Waals surface area contributed by atoms with E-state index >= 15 is 0 Å². The molecule has 0 saturated carbocycles. The molecule has 0 unspecified atom stereocenters. The van der Waals surface area contributed by atoms with Crippen LogP contribution in [0.25, 0.3) is 0 Å². The van der Waals surface area contributed by atoms with Crippen molar-refractivity contribution in [3.05, 3.63) is 57.8 Å². The Morgan fingerprint density at radius 2 is 1.95 bits per heavy atom. The zero-order valence-electron chi connectivity index (χ0n) is 10.3. The van der Waals surface area contributed by atoms with Gasteiger partial charge in [-0.1, -0.05) is 12.1 Å². The molecule has 1 aromatic carbocycles. The molecule has 1 heterocycles. The van der Waals surface area contributed by atoms with Crippen molar-refractivity contribution in [3.8, 4) is 0 Å². The van der Waals surface area contributed by atoms with E-state index in [1.54, 1.807) is 0 Å². The largest absolute Gasteiger partial charge is 0.433 e. The average Bonchev–Trinajstić information content (AvgIpc) is 2.87. The third-order valence-corrected chi connectivity index (χ3v) is 2.40. The highest BCUT2D eigenvalue weighted by Gasteiger charge is 2.33. The Labute approximate surface area is 116 Å². The molecule has 110 valence electrons. The summed E-state index contributed by atoms with van der Waals surface area (Å²) in [5.41, 5.74) is 1.12. The molecular formula is C12H8F3N3O3.